The van der Waals surface area contributed by atoms with Crippen molar-refractivity contribution in [3.63, 3.8) is 0 Å². The molecule has 0 aromatic carbocycles. The number of hydrogen-bond acceptors (Lipinski definition) is 4. The standard InChI is InChI=1S/C12H19N3O2S/c1-8-5-15(6-9(2)17-8)12(16)13-4-11-7-18-10(3)14-11/h7-9H,4-6H2,1-3H3,(H,13,16)/t8-,9-/m1/s1. The topological polar surface area (TPSA) is 54.5 Å². The van der Waals surface area contributed by atoms with Gasteiger partial charge in [-0.1, -0.05) is 0 Å². The molecule has 0 unspecified atom stereocenters. The SMILES string of the molecule is Cc1nc(CNC(=O)N2C[C@@H](C)O[C@H](C)C2)cs1. The fraction of sp³-hybridized carbons (Fsp3) is 0.667. The summed E-state index contributed by atoms with van der Waals surface area (Å²) in [6.07, 6.45) is 0.196. The van der Waals surface area contributed by atoms with Crippen LogP contribution in [-0.4, -0.2) is 41.2 Å². The van der Waals surface area contributed by atoms with E-state index < -0.39 is 0 Å². The van der Waals surface area contributed by atoms with Gasteiger partial charge in [-0.05, 0) is 20.8 Å². The molecule has 0 radical (unpaired) electrons. The van der Waals surface area contributed by atoms with Gasteiger partial charge in [0.15, 0.2) is 0 Å². The molecule has 1 aliphatic rings. The summed E-state index contributed by atoms with van der Waals surface area (Å²) >= 11 is 1.60. The van der Waals surface area contributed by atoms with Crippen molar-refractivity contribution in [1.82, 2.24) is 15.2 Å². The number of carbonyl (C=O) groups excluding carboxylic acids is 1. The van der Waals surface area contributed by atoms with E-state index in [4.69, 9.17) is 4.74 Å². The van der Waals surface area contributed by atoms with E-state index >= 15 is 0 Å². The number of ether oxygens (including phenoxy) is 1. The first-order valence-electron chi connectivity index (χ1n) is 6.14. The number of carbonyl (C=O) groups is 1. The Hall–Kier alpha value is -1.14. The molecule has 5 nitrogen and oxygen atoms in total. The normalized spacial score (nSPS) is 24.1. The number of aryl methyl sites for hydroxylation is 1. The van der Waals surface area contributed by atoms with E-state index in [0.29, 0.717) is 19.6 Å². The summed E-state index contributed by atoms with van der Waals surface area (Å²) in [5, 5.41) is 5.89. The first-order chi connectivity index (χ1) is 8.54. The molecule has 2 atom stereocenters. The van der Waals surface area contributed by atoms with Crippen molar-refractivity contribution in [3.05, 3.63) is 16.1 Å². The molecule has 0 bridgehead atoms. The minimum atomic E-state index is -0.0392. The number of amides is 2. The van der Waals surface area contributed by atoms with Gasteiger partial charge in [0.25, 0.3) is 0 Å². The maximum Gasteiger partial charge on any atom is 0.317 e. The Balaban J connectivity index is 1.84. The van der Waals surface area contributed by atoms with Crippen LogP contribution in [0.4, 0.5) is 4.79 Å². The average molecular weight is 269 g/mol. The summed E-state index contributed by atoms with van der Waals surface area (Å²) in [7, 11) is 0. The third kappa shape index (κ3) is 3.43. The Bertz CT molecular complexity index is 411. The zero-order valence-electron chi connectivity index (χ0n) is 11.0. The lowest BCUT2D eigenvalue weighted by Gasteiger charge is -2.35. The molecule has 1 N–H and O–H groups in total. The Morgan fingerprint density at radius 1 is 1.56 bits per heavy atom. The van der Waals surface area contributed by atoms with Crippen LogP contribution in [0.5, 0.6) is 0 Å². The molecule has 1 aromatic rings. The molecule has 100 valence electrons. The lowest BCUT2D eigenvalue weighted by Crippen LogP contribution is -2.51. The van der Waals surface area contributed by atoms with Gasteiger partial charge in [0.2, 0.25) is 0 Å². The van der Waals surface area contributed by atoms with Crippen LogP contribution in [0.2, 0.25) is 0 Å². The summed E-state index contributed by atoms with van der Waals surface area (Å²) in [5.41, 5.74) is 0.917. The summed E-state index contributed by atoms with van der Waals surface area (Å²) < 4.78 is 5.60. The van der Waals surface area contributed by atoms with Gasteiger partial charge in [-0.2, -0.15) is 0 Å². The largest absolute Gasteiger partial charge is 0.372 e. The number of rotatable bonds is 2. The molecular weight excluding hydrogens is 250 g/mol. The molecule has 0 saturated carbocycles. The molecule has 0 spiro atoms. The summed E-state index contributed by atoms with van der Waals surface area (Å²) in [6, 6.07) is -0.0392. The van der Waals surface area contributed by atoms with Crippen LogP contribution in [0.3, 0.4) is 0 Å². The number of urea groups is 1. The smallest absolute Gasteiger partial charge is 0.317 e. The fourth-order valence-corrected chi connectivity index (χ4v) is 2.72. The van der Waals surface area contributed by atoms with Gasteiger partial charge < -0.3 is 15.0 Å². The molecule has 18 heavy (non-hydrogen) atoms. The van der Waals surface area contributed by atoms with E-state index in [1.165, 1.54) is 0 Å². The van der Waals surface area contributed by atoms with Crippen LogP contribution in [0, 0.1) is 6.92 Å². The third-order valence-electron chi connectivity index (χ3n) is 2.79. The van der Waals surface area contributed by atoms with Crippen molar-refractivity contribution in [3.8, 4) is 0 Å². The molecule has 1 fully saturated rings. The lowest BCUT2D eigenvalue weighted by molar-refractivity contribution is -0.0545. The van der Waals surface area contributed by atoms with E-state index in [-0.39, 0.29) is 18.2 Å². The second kappa shape index (κ2) is 5.67. The zero-order chi connectivity index (χ0) is 13.1. The lowest BCUT2D eigenvalue weighted by atomic mass is 10.2. The molecule has 2 amide bonds. The first kappa shape index (κ1) is 13.3. The zero-order valence-corrected chi connectivity index (χ0v) is 11.8. The van der Waals surface area contributed by atoms with Gasteiger partial charge in [0.05, 0.1) is 29.5 Å². The van der Waals surface area contributed by atoms with Crippen LogP contribution in [0.15, 0.2) is 5.38 Å². The van der Waals surface area contributed by atoms with Crippen molar-refractivity contribution >= 4 is 17.4 Å². The Kier molecular flexibility index (Phi) is 4.19. The molecule has 1 aromatic heterocycles. The highest BCUT2D eigenvalue weighted by atomic mass is 32.1. The second-order valence-corrected chi connectivity index (χ2v) is 5.74. The predicted octanol–water partition coefficient (Wildman–Crippen LogP) is 1.77. The van der Waals surface area contributed by atoms with Crippen molar-refractivity contribution in [2.45, 2.75) is 39.5 Å². The number of thiazole rings is 1. The van der Waals surface area contributed by atoms with Crippen molar-refractivity contribution < 1.29 is 9.53 Å². The average Bonchev–Trinajstić information content (AvgIpc) is 2.70. The molecule has 1 aliphatic heterocycles. The van der Waals surface area contributed by atoms with Crippen LogP contribution < -0.4 is 5.32 Å². The highest BCUT2D eigenvalue weighted by molar-refractivity contribution is 7.09. The Labute approximate surface area is 111 Å². The van der Waals surface area contributed by atoms with E-state index in [2.05, 4.69) is 10.3 Å². The number of aromatic nitrogens is 1. The van der Waals surface area contributed by atoms with E-state index in [9.17, 15) is 4.79 Å². The van der Waals surface area contributed by atoms with Crippen LogP contribution in [-0.2, 0) is 11.3 Å². The Morgan fingerprint density at radius 2 is 2.22 bits per heavy atom. The number of hydrogen-bond donors (Lipinski definition) is 1. The highest BCUT2D eigenvalue weighted by Crippen LogP contribution is 2.11. The molecular formula is C12H19N3O2S. The molecule has 2 heterocycles. The third-order valence-corrected chi connectivity index (χ3v) is 3.62. The summed E-state index contributed by atoms with van der Waals surface area (Å²) in [4.78, 5) is 18.1. The van der Waals surface area contributed by atoms with Gasteiger partial charge in [-0.3, -0.25) is 0 Å². The van der Waals surface area contributed by atoms with Gasteiger partial charge in [-0.15, -0.1) is 11.3 Å². The summed E-state index contributed by atoms with van der Waals surface area (Å²) in [6.45, 7) is 7.71. The molecule has 2 rings (SSSR count). The van der Waals surface area contributed by atoms with E-state index in [1.807, 2.05) is 26.2 Å². The van der Waals surface area contributed by atoms with Crippen LogP contribution >= 0.6 is 11.3 Å². The molecule has 1 saturated heterocycles. The predicted molar refractivity (Wildman–Crippen MR) is 70.7 cm³/mol. The van der Waals surface area contributed by atoms with Crippen molar-refractivity contribution in [2.75, 3.05) is 13.1 Å². The number of nitrogens with one attached hydrogen (secondary N) is 1. The first-order valence-corrected chi connectivity index (χ1v) is 7.02. The second-order valence-electron chi connectivity index (χ2n) is 4.68. The minimum Gasteiger partial charge on any atom is -0.372 e. The quantitative estimate of drug-likeness (QED) is 0.890. The monoisotopic (exact) mass is 269 g/mol. The minimum absolute atomic E-state index is 0.0392. The molecule has 0 aliphatic carbocycles. The Morgan fingerprint density at radius 3 is 2.78 bits per heavy atom. The van der Waals surface area contributed by atoms with E-state index in [0.717, 1.165) is 10.7 Å². The van der Waals surface area contributed by atoms with Gasteiger partial charge in [0.1, 0.15) is 0 Å². The van der Waals surface area contributed by atoms with Crippen molar-refractivity contribution in [2.24, 2.45) is 0 Å². The van der Waals surface area contributed by atoms with Crippen LogP contribution in [0.25, 0.3) is 0 Å². The molecule has 6 heteroatoms. The maximum absolute atomic E-state index is 12.0. The maximum atomic E-state index is 12.0. The van der Waals surface area contributed by atoms with Gasteiger partial charge in [0, 0.05) is 18.5 Å². The van der Waals surface area contributed by atoms with Crippen LogP contribution in [0.1, 0.15) is 24.5 Å². The van der Waals surface area contributed by atoms with Gasteiger partial charge in [-0.25, -0.2) is 9.78 Å². The number of nitrogens with zero attached hydrogens (tertiary/aromatic N) is 2. The summed E-state index contributed by atoms with van der Waals surface area (Å²) in [5.74, 6) is 0. The fourth-order valence-electron chi connectivity index (χ4n) is 2.11. The van der Waals surface area contributed by atoms with Crippen molar-refractivity contribution in [1.29, 1.82) is 0 Å². The van der Waals surface area contributed by atoms with Gasteiger partial charge >= 0.3 is 6.03 Å². The number of morpholine rings is 1. The highest BCUT2D eigenvalue weighted by Gasteiger charge is 2.25. The van der Waals surface area contributed by atoms with E-state index in [1.54, 1.807) is 16.2 Å².